The Morgan fingerprint density at radius 2 is 2.38 bits per heavy atom. The summed E-state index contributed by atoms with van der Waals surface area (Å²) in [6.07, 6.45) is 3.20. The van der Waals surface area contributed by atoms with Gasteiger partial charge in [-0.25, -0.2) is 9.97 Å². The highest BCUT2D eigenvalue weighted by Crippen LogP contribution is 2.05. The van der Waals surface area contributed by atoms with Crippen molar-refractivity contribution in [2.24, 2.45) is 5.73 Å². The molecule has 0 saturated heterocycles. The van der Waals surface area contributed by atoms with Gasteiger partial charge in [-0.3, -0.25) is 9.36 Å². The molecule has 2 rings (SSSR count). The average Bonchev–Trinajstić information content (AvgIpc) is 2.63. The first-order valence-electron chi connectivity index (χ1n) is 4.49. The molecule has 0 aliphatic heterocycles. The Morgan fingerprint density at radius 3 is 3.00 bits per heavy atom. The average molecular weight is 235 g/mol. The van der Waals surface area contributed by atoms with Gasteiger partial charge in [-0.2, -0.15) is 0 Å². The van der Waals surface area contributed by atoms with Gasteiger partial charge in [-0.05, 0) is 6.92 Å². The number of nitrogens with one attached hydrogen (secondary N) is 1. The van der Waals surface area contributed by atoms with E-state index in [1.807, 2.05) is 0 Å². The van der Waals surface area contributed by atoms with Crippen LogP contribution in [-0.4, -0.2) is 24.5 Å². The minimum Gasteiger partial charge on any atom is -0.387 e. The number of nitrogens with two attached hydrogens (primary N) is 1. The number of thiocarbonyl (C=S) groups is 1. The molecule has 0 atom stereocenters. The number of hydrogen-bond acceptors (Lipinski definition) is 4. The summed E-state index contributed by atoms with van der Waals surface area (Å²) in [6.45, 7) is 1.70. The molecule has 82 valence electrons. The molecule has 0 aliphatic rings. The van der Waals surface area contributed by atoms with Crippen LogP contribution < -0.4 is 11.3 Å². The lowest BCUT2D eigenvalue weighted by Gasteiger charge is -2.05. The smallest absolute Gasteiger partial charge is 0.253 e. The topological polar surface area (TPSA) is 89.6 Å². The monoisotopic (exact) mass is 235 g/mol. The van der Waals surface area contributed by atoms with Gasteiger partial charge in [0, 0.05) is 18.5 Å². The van der Waals surface area contributed by atoms with Crippen LogP contribution in [0.3, 0.4) is 0 Å². The Hall–Kier alpha value is -2.02. The number of aromatic amines is 1. The molecule has 0 spiro atoms. The van der Waals surface area contributed by atoms with Crippen LogP contribution in [0.4, 0.5) is 0 Å². The lowest BCUT2D eigenvalue weighted by atomic mass is 10.5. The predicted molar refractivity (Wildman–Crippen MR) is 62.6 cm³/mol. The van der Waals surface area contributed by atoms with E-state index in [-0.39, 0.29) is 10.5 Å². The molecular weight excluding hydrogens is 226 g/mol. The summed E-state index contributed by atoms with van der Waals surface area (Å²) >= 11 is 4.85. The minimum absolute atomic E-state index is 0.157. The Labute approximate surface area is 96.2 Å². The largest absolute Gasteiger partial charge is 0.387 e. The maximum Gasteiger partial charge on any atom is 0.253 e. The molecule has 0 amide bonds. The standard InChI is InChI=1S/C9H9N5OS/c1-5-12-6(4-7(15)13-5)14-3-2-11-9(14)8(10)16/h2-4H,1H3,(H2,10,16)(H,12,13,15). The van der Waals surface area contributed by atoms with E-state index in [1.54, 1.807) is 23.9 Å². The van der Waals surface area contributed by atoms with Crippen molar-refractivity contribution in [2.45, 2.75) is 6.92 Å². The van der Waals surface area contributed by atoms with Crippen molar-refractivity contribution in [1.29, 1.82) is 0 Å². The van der Waals surface area contributed by atoms with Crippen LogP contribution in [0.2, 0.25) is 0 Å². The number of rotatable bonds is 2. The van der Waals surface area contributed by atoms with Gasteiger partial charge >= 0.3 is 0 Å². The normalized spacial score (nSPS) is 10.3. The first-order valence-corrected chi connectivity index (χ1v) is 4.90. The van der Waals surface area contributed by atoms with Crippen LogP contribution in [0.5, 0.6) is 0 Å². The molecule has 0 aliphatic carbocycles. The highest BCUT2D eigenvalue weighted by molar-refractivity contribution is 7.80. The SMILES string of the molecule is Cc1nc(-n2ccnc2C(N)=S)cc(=O)[nH]1. The summed E-state index contributed by atoms with van der Waals surface area (Å²) < 4.78 is 1.57. The summed E-state index contributed by atoms with van der Waals surface area (Å²) in [7, 11) is 0. The van der Waals surface area contributed by atoms with Crippen molar-refractivity contribution in [2.75, 3.05) is 0 Å². The molecule has 6 nitrogen and oxygen atoms in total. The second kappa shape index (κ2) is 3.86. The summed E-state index contributed by atoms with van der Waals surface area (Å²) in [6, 6.07) is 1.36. The van der Waals surface area contributed by atoms with E-state index in [0.717, 1.165) is 0 Å². The zero-order chi connectivity index (χ0) is 11.7. The molecule has 2 heterocycles. The predicted octanol–water partition coefficient (Wildman–Crippen LogP) is -0.102. The molecule has 0 fully saturated rings. The van der Waals surface area contributed by atoms with E-state index in [2.05, 4.69) is 15.0 Å². The zero-order valence-corrected chi connectivity index (χ0v) is 9.28. The Bertz CT molecular complexity index is 600. The quantitative estimate of drug-likeness (QED) is 0.709. The molecule has 7 heteroatoms. The van der Waals surface area contributed by atoms with E-state index in [9.17, 15) is 4.79 Å². The number of hydrogen-bond donors (Lipinski definition) is 2. The van der Waals surface area contributed by atoms with E-state index in [1.165, 1.54) is 6.07 Å². The maximum atomic E-state index is 11.3. The summed E-state index contributed by atoms with van der Waals surface area (Å²) in [4.78, 5) is 22.2. The van der Waals surface area contributed by atoms with Gasteiger partial charge in [0.15, 0.2) is 5.82 Å². The maximum absolute atomic E-state index is 11.3. The van der Waals surface area contributed by atoms with Crippen LogP contribution in [-0.2, 0) is 0 Å². The number of aryl methyl sites for hydroxylation is 1. The Morgan fingerprint density at radius 1 is 1.62 bits per heavy atom. The first kappa shape index (κ1) is 10.5. The first-order chi connectivity index (χ1) is 7.58. The second-order valence-corrected chi connectivity index (χ2v) is 3.61. The van der Waals surface area contributed by atoms with Gasteiger partial charge in [0.05, 0.1) is 0 Å². The van der Waals surface area contributed by atoms with Crippen LogP contribution >= 0.6 is 12.2 Å². The number of imidazole rings is 1. The molecule has 0 bridgehead atoms. The minimum atomic E-state index is -0.231. The zero-order valence-electron chi connectivity index (χ0n) is 8.47. The highest BCUT2D eigenvalue weighted by Gasteiger charge is 2.09. The number of H-pyrrole nitrogens is 1. The van der Waals surface area contributed by atoms with Gasteiger partial charge in [-0.15, -0.1) is 0 Å². The van der Waals surface area contributed by atoms with Crippen molar-refractivity contribution in [3.05, 3.63) is 40.5 Å². The van der Waals surface area contributed by atoms with Gasteiger partial charge in [0.1, 0.15) is 16.6 Å². The third-order valence-corrected chi connectivity index (χ3v) is 2.14. The molecule has 0 saturated carbocycles. The third kappa shape index (κ3) is 1.84. The van der Waals surface area contributed by atoms with E-state index >= 15 is 0 Å². The molecule has 3 N–H and O–H groups in total. The Balaban J connectivity index is 2.63. The fourth-order valence-corrected chi connectivity index (χ4v) is 1.51. The van der Waals surface area contributed by atoms with Crippen LogP contribution in [0.1, 0.15) is 11.6 Å². The summed E-state index contributed by atoms with van der Waals surface area (Å²) in [5.74, 6) is 1.37. The Kier molecular flexibility index (Phi) is 2.53. The van der Waals surface area contributed by atoms with E-state index in [4.69, 9.17) is 18.0 Å². The highest BCUT2D eigenvalue weighted by atomic mass is 32.1. The lowest BCUT2D eigenvalue weighted by Crippen LogP contribution is -2.18. The van der Waals surface area contributed by atoms with Gasteiger partial charge in [0.25, 0.3) is 5.56 Å². The molecule has 2 aromatic heterocycles. The van der Waals surface area contributed by atoms with Gasteiger partial charge in [-0.1, -0.05) is 12.2 Å². The lowest BCUT2D eigenvalue weighted by molar-refractivity contribution is 0.914. The molecule has 0 unspecified atom stereocenters. The number of nitrogens with zero attached hydrogens (tertiary/aromatic N) is 3. The molecule has 2 aromatic rings. The second-order valence-electron chi connectivity index (χ2n) is 3.17. The van der Waals surface area contributed by atoms with Crippen LogP contribution in [0.15, 0.2) is 23.3 Å². The van der Waals surface area contributed by atoms with Crippen molar-refractivity contribution < 1.29 is 0 Å². The molecular formula is C9H9N5OS. The van der Waals surface area contributed by atoms with Crippen molar-refractivity contribution in [3.8, 4) is 5.82 Å². The molecule has 0 radical (unpaired) electrons. The van der Waals surface area contributed by atoms with Crippen molar-refractivity contribution >= 4 is 17.2 Å². The van der Waals surface area contributed by atoms with Gasteiger partial charge in [0.2, 0.25) is 0 Å². The fraction of sp³-hybridized carbons (Fsp3) is 0.111. The van der Waals surface area contributed by atoms with Crippen molar-refractivity contribution in [3.63, 3.8) is 0 Å². The molecule has 0 aromatic carbocycles. The number of aromatic nitrogens is 4. The fourth-order valence-electron chi connectivity index (χ4n) is 1.36. The summed E-state index contributed by atoms with van der Waals surface area (Å²) in [5.41, 5.74) is 5.28. The van der Waals surface area contributed by atoms with Crippen molar-refractivity contribution in [1.82, 2.24) is 19.5 Å². The van der Waals surface area contributed by atoms with Crippen LogP contribution in [0, 0.1) is 6.92 Å². The van der Waals surface area contributed by atoms with Crippen LogP contribution in [0.25, 0.3) is 5.82 Å². The van der Waals surface area contributed by atoms with E-state index in [0.29, 0.717) is 17.5 Å². The third-order valence-electron chi connectivity index (χ3n) is 1.95. The van der Waals surface area contributed by atoms with Gasteiger partial charge < -0.3 is 10.7 Å². The molecule has 16 heavy (non-hydrogen) atoms. The summed E-state index contributed by atoms with van der Waals surface area (Å²) in [5, 5.41) is 0. The van der Waals surface area contributed by atoms with E-state index < -0.39 is 0 Å².